The second kappa shape index (κ2) is 9.57. The molecule has 3 heterocycles. The van der Waals surface area contributed by atoms with E-state index < -0.39 is 0 Å². The lowest BCUT2D eigenvalue weighted by Gasteiger charge is -2.26. The summed E-state index contributed by atoms with van der Waals surface area (Å²) in [6, 6.07) is 13.5. The van der Waals surface area contributed by atoms with Gasteiger partial charge in [-0.1, -0.05) is 24.3 Å². The minimum atomic E-state index is -0.160. The van der Waals surface area contributed by atoms with Gasteiger partial charge in [-0.3, -0.25) is 19.4 Å². The van der Waals surface area contributed by atoms with Crippen LogP contribution in [0.4, 0.5) is 0 Å². The summed E-state index contributed by atoms with van der Waals surface area (Å²) >= 11 is 0. The first kappa shape index (κ1) is 20.8. The molecule has 1 aromatic carbocycles. The standard InChI is InChI=1S/C24H27N5O2/c1-3-13-28-14-11-22-21(17-28)23(27-29(22)16-19-6-4-5-12-25-19)24(30)26-15-18-7-9-20(31-2)10-8-18/h3-10,12H,1,11,13-17H2,2H3,(H,26,30). The van der Waals surface area contributed by atoms with Gasteiger partial charge in [0.1, 0.15) is 5.75 Å². The van der Waals surface area contributed by atoms with Crippen molar-refractivity contribution in [3.8, 4) is 5.75 Å². The summed E-state index contributed by atoms with van der Waals surface area (Å²) in [6.45, 7) is 7.22. The van der Waals surface area contributed by atoms with Gasteiger partial charge in [-0.05, 0) is 29.8 Å². The molecule has 4 rings (SSSR count). The molecule has 0 unspecified atom stereocenters. The van der Waals surface area contributed by atoms with Crippen LogP contribution in [0.2, 0.25) is 0 Å². The van der Waals surface area contributed by atoms with Crippen molar-refractivity contribution in [1.29, 1.82) is 0 Å². The first-order valence-corrected chi connectivity index (χ1v) is 10.4. The third kappa shape index (κ3) is 4.83. The molecule has 0 radical (unpaired) electrons. The third-order valence-electron chi connectivity index (χ3n) is 5.47. The van der Waals surface area contributed by atoms with Crippen LogP contribution in [0.25, 0.3) is 0 Å². The van der Waals surface area contributed by atoms with Crippen molar-refractivity contribution >= 4 is 5.91 Å². The first-order chi connectivity index (χ1) is 15.2. The molecule has 1 N–H and O–H groups in total. The van der Waals surface area contributed by atoms with Crippen molar-refractivity contribution in [2.45, 2.75) is 26.1 Å². The molecule has 160 valence electrons. The van der Waals surface area contributed by atoms with Crippen molar-refractivity contribution < 1.29 is 9.53 Å². The highest BCUT2D eigenvalue weighted by Crippen LogP contribution is 2.23. The van der Waals surface area contributed by atoms with E-state index in [0.717, 1.165) is 47.8 Å². The molecule has 0 bridgehead atoms. The van der Waals surface area contributed by atoms with Crippen molar-refractivity contribution in [3.05, 3.63) is 89.5 Å². The highest BCUT2D eigenvalue weighted by atomic mass is 16.5. The average Bonchev–Trinajstić information content (AvgIpc) is 3.16. The Hall–Kier alpha value is -3.45. The number of hydrogen-bond acceptors (Lipinski definition) is 5. The van der Waals surface area contributed by atoms with E-state index in [1.165, 1.54) is 0 Å². The second-order valence-corrected chi connectivity index (χ2v) is 7.56. The molecule has 1 amide bonds. The number of nitrogens with one attached hydrogen (secondary N) is 1. The minimum absolute atomic E-state index is 0.160. The van der Waals surface area contributed by atoms with Gasteiger partial charge >= 0.3 is 0 Å². The Kier molecular flexibility index (Phi) is 6.43. The lowest BCUT2D eigenvalue weighted by Crippen LogP contribution is -2.32. The normalized spacial score (nSPS) is 13.5. The van der Waals surface area contributed by atoms with E-state index in [0.29, 0.717) is 25.3 Å². The Morgan fingerprint density at radius 1 is 1.26 bits per heavy atom. The van der Waals surface area contributed by atoms with Crippen LogP contribution in [0.15, 0.2) is 61.3 Å². The molecule has 3 aromatic rings. The van der Waals surface area contributed by atoms with Crippen LogP contribution in [-0.4, -0.2) is 45.8 Å². The van der Waals surface area contributed by atoms with Crippen LogP contribution in [0, 0.1) is 0 Å². The molecule has 0 fully saturated rings. The van der Waals surface area contributed by atoms with E-state index in [1.54, 1.807) is 13.3 Å². The Morgan fingerprint density at radius 2 is 2.10 bits per heavy atom. The molecule has 31 heavy (non-hydrogen) atoms. The van der Waals surface area contributed by atoms with Crippen molar-refractivity contribution in [2.24, 2.45) is 0 Å². The van der Waals surface area contributed by atoms with Gasteiger partial charge in [0.05, 0.1) is 19.3 Å². The zero-order chi connectivity index (χ0) is 21.6. The van der Waals surface area contributed by atoms with Gasteiger partial charge in [0.2, 0.25) is 0 Å². The van der Waals surface area contributed by atoms with Crippen LogP contribution in [0.1, 0.15) is 33.0 Å². The molecule has 7 nitrogen and oxygen atoms in total. The number of carbonyl (C=O) groups excluding carboxylic acids is 1. The summed E-state index contributed by atoms with van der Waals surface area (Å²) in [4.78, 5) is 19.8. The van der Waals surface area contributed by atoms with Crippen molar-refractivity contribution in [1.82, 2.24) is 25.0 Å². The maximum atomic E-state index is 13.1. The fraction of sp³-hybridized carbons (Fsp3) is 0.292. The van der Waals surface area contributed by atoms with Crippen LogP contribution in [0.3, 0.4) is 0 Å². The molecule has 0 spiro atoms. The van der Waals surface area contributed by atoms with Gasteiger partial charge in [0, 0.05) is 50.1 Å². The number of ether oxygens (including phenoxy) is 1. The summed E-state index contributed by atoms with van der Waals surface area (Å²) < 4.78 is 7.13. The Morgan fingerprint density at radius 3 is 2.81 bits per heavy atom. The summed E-state index contributed by atoms with van der Waals surface area (Å²) in [5.41, 5.74) is 4.53. The van der Waals surface area contributed by atoms with E-state index in [-0.39, 0.29) is 5.91 Å². The van der Waals surface area contributed by atoms with E-state index in [2.05, 4.69) is 21.8 Å². The fourth-order valence-electron chi connectivity index (χ4n) is 3.85. The summed E-state index contributed by atoms with van der Waals surface area (Å²) in [6.07, 6.45) is 4.51. The first-order valence-electron chi connectivity index (χ1n) is 10.4. The third-order valence-corrected chi connectivity index (χ3v) is 5.47. The number of carbonyl (C=O) groups is 1. The van der Waals surface area contributed by atoms with Gasteiger partial charge < -0.3 is 10.1 Å². The zero-order valence-electron chi connectivity index (χ0n) is 17.8. The number of pyridine rings is 1. The van der Waals surface area contributed by atoms with Crippen molar-refractivity contribution in [2.75, 3.05) is 20.2 Å². The summed E-state index contributed by atoms with van der Waals surface area (Å²) in [7, 11) is 1.64. The van der Waals surface area contributed by atoms with E-state index in [9.17, 15) is 4.79 Å². The summed E-state index contributed by atoms with van der Waals surface area (Å²) in [5, 5.41) is 7.73. The number of amides is 1. The molecule has 7 heteroatoms. The topological polar surface area (TPSA) is 72.3 Å². The second-order valence-electron chi connectivity index (χ2n) is 7.56. The van der Waals surface area contributed by atoms with E-state index in [1.807, 2.05) is 53.2 Å². The highest BCUT2D eigenvalue weighted by molar-refractivity contribution is 5.94. The molecule has 1 aliphatic rings. The van der Waals surface area contributed by atoms with E-state index in [4.69, 9.17) is 9.84 Å². The monoisotopic (exact) mass is 417 g/mol. The highest BCUT2D eigenvalue weighted by Gasteiger charge is 2.27. The SMILES string of the molecule is C=CCN1CCc2c(c(C(=O)NCc3ccc(OC)cc3)nn2Cc2ccccn2)C1. The molecule has 2 aromatic heterocycles. The summed E-state index contributed by atoms with van der Waals surface area (Å²) in [5.74, 6) is 0.631. The number of aromatic nitrogens is 3. The van der Waals surface area contributed by atoms with Crippen molar-refractivity contribution in [3.63, 3.8) is 0 Å². The maximum absolute atomic E-state index is 13.1. The lowest BCUT2D eigenvalue weighted by atomic mass is 10.0. The number of hydrogen-bond donors (Lipinski definition) is 1. The largest absolute Gasteiger partial charge is 0.497 e. The predicted octanol–water partition coefficient (Wildman–Crippen LogP) is 2.81. The van der Waals surface area contributed by atoms with Gasteiger partial charge in [-0.2, -0.15) is 5.10 Å². The molecule has 0 aliphatic carbocycles. The Balaban J connectivity index is 1.56. The smallest absolute Gasteiger partial charge is 0.272 e. The molecular weight excluding hydrogens is 390 g/mol. The van der Waals surface area contributed by atoms with Gasteiger partial charge in [0.25, 0.3) is 5.91 Å². The van der Waals surface area contributed by atoms with Crippen LogP contribution in [0.5, 0.6) is 5.75 Å². The number of fused-ring (bicyclic) bond motifs is 1. The van der Waals surface area contributed by atoms with Crippen LogP contribution in [-0.2, 0) is 26.1 Å². The molecular formula is C24H27N5O2. The fourth-order valence-corrected chi connectivity index (χ4v) is 3.85. The predicted molar refractivity (Wildman–Crippen MR) is 119 cm³/mol. The van der Waals surface area contributed by atoms with Gasteiger partial charge in [-0.25, -0.2) is 0 Å². The van der Waals surface area contributed by atoms with Crippen LogP contribution < -0.4 is 10.1 Å². The lowest BCUT2D eigenvalue weighted by molar-refractivity contribution is 0.0943. The molecule has 0 atom stereocenters. The average molecular weight is 418 g/mol. The molecule has 1 aliphatic heterocycles. The number of rotatable bonds is 8. The van der Waals surface area contributed by atoms with Gasteiger partial charge in [-0.15, -0.1) is 6.58 Å². The molecule has 0 saturated heterocycles. The Labute approximate surface area is 182 Å². The number of nitrogens with zero attached hydrogens (tertiary/aromatic N) is 4. The number of benzene rings is 1. The molecule has 0 saturated carbocycles. The maximum Gasteiger partial charge on any atom is 0.272 e. The van der Waals surface area contributed by atoms with E-state index >= 15 is 0 Å². The quantitative estimate of drug-likeness (QED) is 0.571. The minimum Gasteiger partial charge on any atom is -0.497 e. The zero-order valence-corrected chi connectivity index (χ0v) is 17.8. The number of methoxy groups -OCH3 is 1. The van der Waals surface area contributed by atoms with Crippen LogP contribution >= 0.6 is 0 Å². The Bertz CT molecular complexity index is 1040. The van der Waals surface area contributed by atoms with Gasteiger partial charge in [0.15, 0.2) is 5.69 Å².